The van der Waals surface area contributed by atoms with Crippen molar-refractivity contribution >= 4 is 55.3 Å². The first-order chi connectivity index (χ1) is 12.5. The highest BCUT2D eigenvalue weighted by Crippen LogP contribution is 2.22. The summed E-state index contributed by atoms with van der Waals surface area (Å²) in [5.41, 5.74) is 3.97. The molecule has 4 heterocycles. The summed E-state index contributed by atoms with van der Waals surface area (Å²) in [6.07, 6.45) is 0.885. The standard InChI is InChI=1S/2C8H8N2O2S/c1-2-12-8(11)6-3-5-7(10-6)13-4-9-5;1-2-6-9-4-3-5(8(11)12)10-7(4)13-6/h3-4,10H,2H2,1H3;3,10H,2H2,1H3,(H,11,12). The Morgan fingerprint density at radius 1 is 1.15 bits per heavy atom. The molecule has 26 heavy (non-hydrogen) atoms. The van der Waals surface area contributed by atoms with Crippen molar-refractivity contribution in [3.8, 4) is 0 Å². The number of thiazole rings is 2. The summed E-state index contributed by atoms with van der Waals surface area (Å²) >= 11 is 2.97. The summed E-state index contributed by atoms with van der Waals surface area (Å²) in [5, 5.41) is 9.70. The number of hydrogen-bond acceptors (Lipinski definition) is 7. The van der Waals surface area contributed by atoms with Gasteiger partial charge in [0.25, 0.3) is 0 Å². The van der Waals surface area contributed by atoms with E-state index < -0.39 is 5.97 Å². The Hall–Kier alpha value is -2.72. The molecule has 0 bridgehead atoms. The van der Waals surface area contributed by atoms with Crippen LogP contribution in [0.1, 0.15) is 39.8 Å². The Labute approximate surface area is 155 Å². The van der Waals surface area contributed by atoms with E-state index in [9.17, 15) is 9.59 Å². The van der Waals surface area contributed by atoms with Gasteiger partial charge in [-0.25, -0.2) is 19.6 Å². The number of carbonyl (C=O) groups is 2. The molecule has 136 valence electrons. The van der Waals surface area contributed by atoms with Gasteiger partial charge in [-0.05, 0) is 25.5 Å². The molecule has 0 aliphatic heterocycles. The number of nitrogens with zero attached hydrogens (tertiary/aromatic N) is 2. The summed E-state index contributed by atoms with van der Waals surface area (Å²) in [4.78, 5) is 37.6. The molecule has 8 nitrogen and oxygen atoms in total. The number of fused-ring (bicyclic) bond motifs is 2. The first kappa shape index (κ1) is 18.1. The normalized spacial score (nSPS) is 10.7. The van der Waals surface area contributed by atoms with Crippen molar-refractivity contribution < 1.29 is 19.4 Å². The number of carboxylic acid groups (broad SMARTS) is 1. The Balaban J connectivity index is 0.000000151. The van der Waals surface area contributed by atoms with Gasteiger partial charge in [-0.2, -0.15) is 0 Å². The van der Waals surface area contributed by atoms with E-state index in [1.165, 1.54) is 22.7 Å². The summed E-state index contributed by atoms with van der Waals surface area (Å²) in [6, 6.07) is 3.26. The zero-order valence-electron chi connectivity index (χ0n) is 14.0. The quantitative estimate of drug-likeness (QED) is 0.456. The number of nitrogens with one attached hydrogen (secondary N) is 2. The lowest BCUT2D eigenvalue weighted by atomic mass is 10.4. The number of carboxylic acids is 1. The van der Waals surface area contributed by atoms with Crippen molar-refractivity contribution in [2.75, 3.05) is 6.61 Å². The van der Waals surface area contributed by atoms with Crippen molar-refractivity contribution in [3.05, 3.63) is 34.0 Å². The number of rotatable bonds is 4. The molecular formula is C16H16N4O4S2. The van der Waals surface area contributed by atoms with Crippen LogP contribution in [0.2, 0.25) is 0 Å². The monoisotopic (exact) mass is 392 g/mol. The molecular weight excluding hydrogens is 376 g/mol. The van der Waals surface area contributed by atoms with Crippen molar-refractivity contribution in [1.82, 2.24) is 19.9 Å². The van der Waals surface area contributed by atoms with E-state index in [1.807, 2.05) is 6.92 Å². The van der Waals surface area contributed by atoms with Gasteiger partial charge in [-0.3, -0.25) is 0 Å². The first-order valence-corrected chi connectivity index (χ1v) is 9.52. The molecule has 4 rings (SSSR count). The fourth-order valence-corrected chi connectivity index (χ4v) is 3.76. The van der Waals surface area contributed by atoms with Gasteiger partial charge in [-0.15, -0.1) is 22.7 Å². The lowest BCUT2D eigenvalue weighted by molar-refractivity contribution is 0.0520. The van der Waals surface area contributed by atoms with Crippen LogP contribution in [0, 0.1) is 0 Å². The fourth-order valence-electron chi connectivity index (χ4n) is 2.19. The Kier molecular flexibility index (Phi) is 5.33. The van der Waals surface area contributed by atoms with Crippen LogP contribution < -0.4 is 0 Å². The third-order valence-electron chi connectivity index (χ3n) is 3.38. The Bertz CT molecular complexity index is 999. The maximum absolute atomic E-state index is 11.2. The van der Waals surface area contributed by atoms with Crippen LogP contribution in [0.4, 0.5) is 0 Å². The summed E-state index contributed by atoms with van der Waals surface area (Å²) in [5.74, 6) is -1.27. The molecule has 0 aromatic carbocycles. The second kappa shape index (κ2) is 7.67. The number of hydrogen-bond donors (Lipinski definition) is 3. The highest BCUT2D eigenvalue weighted by atomic mass is 32.1. The van der Waals surface area contributed by atoms with Crippen LogP contribution in [-0.2, 0) is 11.2 Å². The molecule has 0 fully saturated rings. The molecule has 0 radical (unpaired) electrons. The molecule has 0 unspecified atom stereocenters. The van der Waals surface area contributed by atoms with Gasteiger partial charge in [0.05, 0.1) is 17.1 Å². The summed E-state index contributed by atoms with van der Waals surface area (Å²) in [6.45, 7) is 4.19. The Morgan fingerprint density at radius 2 is 1.88 bits per heavy atom. The highest BCUT2D eigenvalue weighted by Gasteiger charge is 2.11. The lowest BCUT2D eigenvalue weighted by Crippen LogP contribution is -2.04. The van der Waals surface area contributed by atoms with E-state index >= 15 is 0 Å². The van der Waals surface area contributed by atoms with Crippen LogP contribution in [0.5, 0.6) is 0 Å². The number of esters is 1. The van der Waals surface area contributed by atoms with Crippen LogP contribution in [0.15, 0.2) is 17.6 Å². The van der Waals surface area contributed by atoms with Gasteiger partial charge >= 0.3 is 11.9 Å². The Morgan fingerprint density at radius 3 is 2.50 bits per heavy atom. The third kappa shape index (κ3) is 3.75. The number of aryl methyl sites for hydroxylation is 1. The highest BCUT2D eigenvalue weighted by molar-refractivity contribution is 7.18. The van der Waals surface area contributed by atoms with Crippen molar-refractivity contribution in [2.24, 2.45) is 0 Å². The van der Waals surface area contributed by atoms with Crippen LogP contribution in [0.25, 0.3) is 20.7 Å². The van der Waals surface area contributed by atoms with Gasteiger partial charge < -0.3 is 19.8 Å². The number of carbonyl (C=O) groups excluding carboxylic acids is 1. The zero-order chi connectivity index (χ0) is 18.7. The molecule has 0 aliphatic carbocycles. The molecule has 10 heteroatoms. The van der Waals surface area contributed by atoms with Crippen LogP contribution in [-0.4, -0.2) is 43.6 Å². The largest absolute Gasteiger partial charge is 0.477 e. The number of ether oxygens (including phenoxy) is 1. The minimum atomic E-state index is -0.941. The maximum atomic E-state index is 11.2. The van der Waals surface area contributed by atoms with E-state index in [1.54, 1.807) is 24.6 Å². The number of aromatic carboxylic acids is 1. The minimum Gasteiger partial charge on any atom is -0.477 e. The van der Waals surface area contributed by atoms with Gasteiger partial charge in [0.1, 0.15) is 32.1 Å². The van der Waals surface area contributed by atoms with Gasteiger partial charge in [0, 0.05) is 0 Å². The predicted molar refractivity (Wildman–Crippen MR) is 100 cm³/mol. The smallest absolute Gasteiger partial charge is 0.354 e. The average Bonchev–Trinajstić information content (AvgIpc) is 3.33. The minimum absolute atomic E-state index is 0.205. The second-order valence-corrected chi connectivity index (χ2v) is 7.07. The van der Waals surface area contributed by atoms with E-state index in [0.717, 1.165) is 32.1 Å². The van der Waals surface area contributed by atoms with E-state index in [4.69, 9.17) is 9.84 Å². The molecule has 4 aromatic heterocycles. The van der Waals surface area contributed by atoms with E-state index in [0.29, 0.717) is 12.3 Å². The third-order valence-corrected chi connectivity index (χ3v) is 5.27. The summed E-state index contributed by atoms with van der Waals surface area (Å²) < 4.78 is 4.83. The molecule has 0 saturated heterocycles. The zero-order valence-corrected chi connectivity index (χ0v) is 15.7. The molecule has 0 aliphatic rings. The molecule has 4 aromatic rings. The van der Waals surface area contributed by atoms with E-state index in [-0.39, 0.29) is 11.7 Å². The first-order valence-electron chi connectivity index (χ1n) is 7.82. The summed E-state index contributed by atoms with van der Waals surface area (Å²) in [7, 11) is 0. The van der Waals surface area contributed by atoms with Gasteiger partial charge in [-0.1, -0.05) is 6.92 Å². The fraction of sp³-hybridized carbons (Fsp3) is 0.250. The van der Waals surface area contributed by atoms with Crippen LogP contribution >= 0.6 is 22.7 Å². The van der Waals surface area contributed by atoms with Crippen molar-refractivity contribution in [3.63, 3.8) is 0 Å². The number of aromatic amines is 2. The maximum Gasteiger partial charge on any atom is 0.354 e. The SMILES string of the molecule is CCOC(=O)c1cc2ncsc2[nH]1.CCc1nc2cc(C(=O)O)[nH]c2s1. The molecule has 0 saturated carbocycles. The topological polar surface area (TPSA) is 121 Å². The predicted octanol–water partition coefficient (Wildman–Crippen LogP) is 3.69. The van der Waals surface area contributed by atoms with Crippen LogP contribution in [0.3, 0.4) is 0 Å². The number of aromatic nitrogens is 4. The molecule has 3 N–H and O–H groups in total. The van der Waals surface area contributed by atoms with Crippen molar-refractivity contribution in [1.29, 1.82) is 0 Å². The molecule has 0 atom stereocenters. The lowest BCUT2D eigenvalue weighted by Gasteiger charge is -1.96. The van der Waals surface area contributed by atoms with Crippen molar-refractivity contribution in [2.45, 2.75) is 20.3 Å². The van der Waals surface area contributed by atoms with E-state index in [2.05, 4.69) is 19.9 Å². The number of H-pyrrole nitrogens is 2. The molecule has 0 amide bonds. The second-order valence-electron chi connectivity index (χ2n) is 5.13. The average molecular weight is 392 g/mol. The molecule has 0 spiro atoms. The van der Waals surface area contributed by atoms with Gasteiger partial charge in [0.2, 0.25) is 0 Å². The van der Waals surface area contributed by atoms with Gasteiger partial charge in [0.15, 0.2) is 0 Å².